The average Bonchev–Trinajstić information content (AvgIpc) is 3.39. The molecule has 2 aromatic heterocycles. The molecular weight excluding hydrogens is 392 g/mol. The molecule has 1 saturated carbocycles. The maximum atomic E-state index is 5.39. The highest BCUT2D eigenvalue weighted by Crippen LogP contribution is 2.34. The van der Waals surface area contributed by atoms with Gasteiger partial charge in [0.15, 0.2) is 5.16 Å². The molecule has 154 valence electrons. The third-order valence-corrected chi connectivity index (χ3v) is 6.89. The molecule has 30 heavy (non-hydrogen) atoms. The van der Waals surface area contributed by atoms with Crippen molar-refractivity contribution in [2.24, 2.45) is 0 Å². The van der Waals surface area contributed by atoms with Gasteiger partial charge in [0.05, 0.1) is 11.4 Å². The predicted octanol–water partition coefficient (Wildman–Crippen LogP) is 6.12. The Labute approximate surface area is 180 Å². The van der Waals surface area contributed by atoms with Crippen molar-refractivity contribution in [3.8, 4) is 0 Å². The molecule has 0 aliphatic heterocycles. The van der Waals surface area contributed by atoms with Gasteiger partial charge in [-0.25, -0.2) is 0 Å². The molecule has 4 aromatic rings. The molecule has 2 aromatic carbocycles. The summed E-state index contributed by atoms with van der Waals surface area (Å²) >= 11 is 1.70. The van der Waals surface area contributed by atoms with E-state index in [-0.39, 0.29) is 0 Å². The molecule has 1 aliphatic rings. The van der Waals surface area contributed by atoms with Gasteiger partial charge in [0.1, 0.15) is 11.6 Å². The standard InChI is InChI=1S/C24H26N4OS/c1-17-14-21(29-27-17)16-30-24-26-25-23(28(24)20-11-3-2-4-12-20)15-19-10-7-9-18-8-5-6-13-22(18)19/h5-10,13-14,20H,2-4,11-12,15-16H2,1H3. The zero-order valence-corrected chi connectivity index (χ0v) is 18.1. The average molecular weight is 419 g/mol. The molecule has 0 atom stereocenters. The highest BCUT2D eigenvalue weighted by molar-refractivity contribution is 7.98. The molecular formula is C24H26N4OS. The maximum absolute atomic E-state index is 5.39. The first kappa shape index (κ1) is 19.4. The van der Waals surface area contributed by atoms with Crippen LogP contribution >= 0.6 is 11.8 Å². The molecule has 5 nitrogen and oxygen atoms in total. The minimum atomic E-state index is 0.484. The fourth-order valence-corrected chi connectivity index (χ4v) is 5.37. The fraction of sp³-hybridized carbons (Fsp3) is 0.375. The van der Waals surface area contributed by atoms with Crippen LogP contribution in [0.5, 0.6) is 0 Å². The van der Waals surface area contributed by atoms with E-state index in [1.807, 2.05) is 13.0 Å². The predicted molar refractivity (Wildman–Crippen MR) is 120 cm³/mol. The van der Waals surface area contributed by atoms with Gasteiger partial charge >= 0.3 is 0 Å². The number of aryl methyl sites for hydroxylation is 1. The van der Waals surface area contributed by atoms with Crippen LogP contribution in [0.3, 0.4) is 0 Å². The van der Waals surface area contributed by atoms with Gasteiger partial charge in [0.2, 0.25) is 0 Å². The third kappa shape index (κ3) is 4.01. The van der Waals surface area contributed by atoms with E-state index in [9.17, 15) is 0 Å². The first-order chi connectivity index (χ1) is 14.8. The van der Waals surface area contributed by atoms with Crippen molar-refractivity contribution in [1.82, 2.24) is 19.9 Å². The van der Waals surface area contributed by atoms with Crippen LogP contribution in [0.2, 0.25) is 0 Å². The van der Waals surface area contributed by atoms with Crippen LogP contribution in [0.4, 0.5) is 0 Å². The van der Waals surface area contributed by atoms with Gasteiger partial charge in [0, 0.05) is 18.5 Å². The Kier molecular flexibility index (Phi) is 5.58. The van der Waals surface area contributed by atoms with Crippen molar-refractivity contribution in [3.05, 3.63) is 71.4 Å². The van der Waals surface area contributed by atoms with E-state index in [0.717, 1.165) is 34.6 Å². The Morgan fingerprint density at radius 1 is 1.03 bits per heavy atom. The van der Waals surface area contributed by atoms with E-state index in [0.29, 0.717) is 6.04 Å². The first-order valence-electron chi connectivity index (χ1n) is 10.7. The molecule has 6 heteroatoms. The zero-order valence-electron chi connectivity index (χ0n) is 17.3. The Morgan fingerprint density at radius 2 is 1.87 bits per heavy atom. The van der Waals surface area contributed by atoms with E-state index in [1.54, 1.807) is 11.8 Å². The number of fused-ring (bicyclic) bond motifs is 1. The smallest absolute Gasteiger partial charge is 0.191 e. The summed E-state index contributed by atoms with van der Waals surface area (Å²) in [4.78, 5) is 0. The van der Waals surface area contributed by atoms with Crippen molar-refractivity contribution in [1.29, 1.82) is 0 Å². The van der Waals surface area contributed by atoms with Crippen LogP contribution in [0.1, 0.15) is 61.0 Å². The zero-order chi connectivity index (χ0) is 20.3. The topological polar surface area (TPSA) is 56.7 Å². The SMILES string of the molecule is Cc1cc(CSc2nnc(Cc3cccc4ccccc34)n2C2CCCCC2)on1. The van der Waals surface area contributed by atoms with E-state index in [2.05, 4.69) is 62.4 Å². The summed E-state index contributed by atoms with van der Waals surface area (Å²) in [6.45, 7) is 1.95. The molecule has 0 radical (unpaired) electrons. The lowest BCUT2D eigenvalue weighted by Gasteiger charge is -2.25. The molecule has 0 spiro atoms. The minimum absolute atomic E-state index is 0.484. The number of rotatable bonds is 6. The number of hydrogen-bond acceptors (Lipinski definition) is 5. The van der Waals surface area contributed by atoms with Crippen molar-refractivity contribution < 1.29 is 4.52 Å². The van der Waals surface area contributed by atoms with Gasteiger partial charge < -0.3 is 9.09 Å². The monoisotopic (exact) mass is 418 g/mol. The minimum Gasteiger partial charge on any atom is -0.360 e. The molecule has 0 unspecified atom stereocenters. The first-order valence-corrected chi connectivity index (χ1v) is 11.7. The lowest BCUT2D eigenvalue weighted by atomic mass is 9.95. The summed E-state index contributed by atoms with van der Waals surface area (Å²) in [7, 11) is 0. The van der Waals surface area contributed by atoms with Crippen LogP contribution in [-0.2, 0) is 12.2 Å². The number of nitrogens with zero attached hydrogens (tertiary/aromatic N) is 4. The Bertz CT molecular complexity index is 1140. The lowest BCUT2D eigenvalue weighted by Crippen LogP contribution is -2.17. The van der Waals surface area contributed by atoms with Gasteiger partial charge in [-0.2, -0.15) is 0 Å². The quantitative estimate of drug-likeness (QED) is 0.353. The van der Waals surface area contributed by atoms with Gasteiger partial charge in [-0.1, -0.05) is 78.6 Å². The van der Waals surface area contributed by atoms with Crippen LogP contribution in [0, 0.1) is 6.92 Å². The van der Waals surface area contributed by atoms with Crippen LogP contribution in [-0.4, -0.2) is 19.9 Å². The second-order valence-corrected chi connectivity index (χ2v) is 9.04. The normalized spacial score (nSPS) is 15.1. The molecule has 0 saturated heterocycles. The van der Waals surface area contributed by atoms with E-state index in [1.165, 1.54) is 48.4 Å². The summed E-state index contributed by atoms with van der Waals surface area (Å²) < 4.78 is 7.81. The second kappa shape index (κ2) is 8.64. The van der Waals surface area contributed by atoms with E-state index < -0.39 is 0 Å². The largest absolute Gasteiger partial charge is 0.360 e. The Morgan fingerprint density at radius 3 is 2.70 bits per heavy atom. The number of aromatic nitrogens is 4. The summed E-state index contributed by atoms with van der Waals surface area (Å²) in [6.07, 6.45) is 7.10. The Hall–Kier alpha value is -2.60. The number of benzene rings is 2. The van der Waals surface area contributed by atoms with Crippen LogP contribution in [0.15, 0.2) is 58.2 Å². The van der Waals surface area contributed by atoms with Gasteiger partial charge in [-0.05, 0) is 36.1 Å². The number of thioether (sulfide) groups is 1. The highest BCUT2D eigenvalue weighted by atomic mass is 32.2. The van der Waals surface area contributed by atoms with Crippen LogP contribution in [0.25, 0.3) is 10.8 Å². The third-order valence-electron chi connectivity index (χ3n) is 5.92. The van der Waals surface area contributed by atoms with Gasteiger partial charge in [-0.3, -0.25) is 0 Å². The van der Waals surface area contributed by atoms with Crippen molar-refractivity contribution >= 4 is 22.5 Å². The molecule has 1 aliphatic carbocycles. The Balaban J connectivity index is 1.47. The summed E-state index contributed by atoms with van der Waals surface area (Å²) in [6, 6.07) is 17.6. The second-order valence-electron chi connectivity index (χ2n) is 8.10. The molecule has 1 fully saturated rings. The number of hydrogen-bond donors (Lipinski definition) is 0. The van der Waals surface area contributed by atoms with Gasteiger partial charge in [0.25, 0.3) is 0 Å². The molecule has 0 N–H and O–H groups in total. The van der Waals surface area contributed by atoms with Gasteiger partial charge in [-0.15, -0.1) is 10.2 Å². The summed E-state index contributed by atoms with van der Waals surface area (Å²) in [5.74, 6) is 2.67. The van der Waals surface area contributed by atoms with Crippen LogP contribution < -0.4 is 0 Å². The highest BCUT2D eigenvalue weighted by Gasteiger charge is 2.23. The molecule has 2 heterocycles. The fourth-order valence-electron chi connectivity index (χ4n) is 4.47. The van der Waals surface area contributed by atoms with Crippen molar-refractivity contribution in [2.75, 3.05) is 0 Å². The summed E-state index contributed by atoms with van der Waals surface area (Å²) in [5.41, 5.74) is 2.22. The summed E-state index contributed by atoms with van der Waals surface area (Å²) in [5, 5.41) is 16.8. The molecule has 0 bridgehead atoms. The lowest BCUT2D eigenvalue weighted by molar-refractivity contribution is 0.330. The van der Waals surface area contributed by atoms with E-state index >= 15 is 0 Å². The maximum Gasteiger partial charge on any atom is 0.191 e. The van der Waals surface area contributed by atoms with Crippen molar-refractivity contribution in [2.45, 2.75) is 62.4 Å². The van der Waals surface area contributed by atoms with Crippen molar-refractivity contribution in [3.63, 3.8) is 0 Å². The molecule has 0 amide bonds. The molecule has 5 rings (SSSR count). The van der Waals surface area contributed by atoms with E-state index in [4.69, 9.17) is 4.52 Å².